The molecule has 0 N–H and O–H groups in total. The van der Waals surface area contributed by atoms with E-state index in [0.29, 0.717) is 6.54 Å². The molecular weight excluding hydrogens is 88.1 g/mol. The van der Waals surface area contributed by atoms with Gasteiger partial charge in [0.25, 0.3) is 0 Å². The van der Waals surface area contributed by atoms with Crippen LogP contribution in [0.5, 0.6) is 0 Å². The Hall–Kier alpha value is -0.970. The molecular formula is C5H8N2. The Morgan fingerprint density at radius 3 is 2.71 bits per heavy atom. The van der Waals surface area contributed by atoms with Gasteiger partial charge in [-0.25, -0.2) is 0 Å². The molecule has 0 aromatic heterocycles. The Kier molecular flexibility index (Phi) is 2.78. The van der Waals surface area contributed by atoms with Crippen molar-refractivity contribution in [2.75, 3.05) is 13.6 Å². The van der Waals surface area contributed by atoms with E-state index in [9.17, 15) is 0 Å². The first-order valence-electron chi connectivity index (χ1n) is 1.92. The maximum absolute atomic E-state index is 4.93. The summed E-state index contributed by atoms with van der Waals surface area (Å²) in [7, 11) is 1.77. The summed E-state index contributed by atoms with van der Waals surface area (Å²) >= 11 is 0. The molecule has 0 spiro atoms. The van der Waals surface area contributed by atoms with Gasteiger partial charge in [-0.3, -0.25) is 5.01 Å². The summed E-state index contributed by atoms with van der Waals surface area (Å²) in [6.45, 7) is 3.79. The molecule has 0 aromatic carbocycles. The molecule has 7 heavy (non-hydrogen) atoms. The van der Waals surface area contributed by atoms with Crippen LogP contribution in [0.3, 0.4) is 0 Å². The van der Waals surface area contributed by atoms with E-state index < -0.39 is 0 Å². The first-order valence-corrected chi connectivity index (χ1v) is 1.92. The highest BCUT2D eigenvalue weighted by atomic mass is 15.4. The van der Waals surface area contributed by atoms with Gasteiger partial charge < -0.3 is 0 Å². The number of hydrogen-bond acceptors (Lipinski definition) is 2. The van der Waals surface area contributed by atoms with Gasteiger partial charge in [-0.1, -0.05) is 5.92 Å². The predicted molar refractivity (Wildman–Crippen MR) is 31.0 cm³/mol. The van der Waals surface area contributed by atoms with Crippen molar-refractivity contribution in [2.24, 2.45) is 5.10 Å². The number of hydrazone groups is 1. The third kappa shape index (κ3) is 2.84. The molecule has 0 atom stereocenters. The smallest absolute Gasteiger partial charge is 0.0962 e. The predicted octanol–water partition coefficient (Wildman–Crippen LogP) is 0.167. The average molecular weight is 96.1 g/mol. The summed E-state index contributed by atoms with van der Waals surface area (Å²) in [6, 6.07) is 0. The summed E-state index contributed by atoms with van der Waals surface area (Å²) in [5.74, 6) is 2.41. The molecule has 0 aliphatic rings. The zero-order valence-corrected chi connectivity index (χ0v) is 4.39. The third-order valence-electron chi connectivity index (χ3n) is 0.562. The summed E-state index contributed by atoms with van der Waals surface area (Å²) in [5.41, 5.74) is 0. The number of terminal acetylenes is 1. The third-order valence-corrected chi connectivity index (χ3v) is 0.562. The van der Waals surface area contributed by atoms with E-state index in [0.717, 1.165) is 0 Å². The fourth-order valence-electron chi connectivity index (χ4n) is 0.182. The van der Waals surface area contributed by atoms with Gasteiger partial charge in [-0.05, 0) is 0 Å². The minimum absolute atomic E-state index is 0.531. The second-order valence-corrected chi connectivity index (χ2v) is 1.16. The molecule has 0 unspecified atom stereocenters. The molecule has 2 nitrogen and oxygen atoms in total. The van der Waals surface area contributed by atoms with E-state index in [1.807, 2.05) is 0 Å². The normalized spacial score (nSPS) is 6.86. The van der Waals surface area contributed by atoms with Crippen molar-refractivity contribution < 1.29 is 0 Å². The molecule has 0 saturated heterocycles. The van der Waals surface area contributed by atoms with Crippen molar-refractivity contribution in [1.82, 2.24) is 5.01 Å². The van der Waals surface area contributed by atoms with Crippen molar-refractivity contribution in [3.05, 3.63) is 0 Å². The summed E-state index contributed by atoms with van der Waals surface area (Å²) in [6.07, 6.45) is 4.93. The molecule has 0 bridgehead atoms. The van der Waals surface area contributed by atoms with Crippen LogP contribution in [0.4, 0.5) is 0 Å². The van der Waals surface area contributed by atoms with Gasteiger partial charge in [0.1, 0.15) is 0 Å². The molecule has 0 rings (SSSR count). The minimum atomic E-state index is 0.531. The molecule has 2 heteroatoms. The maximum atomic E-state index is 4.93. The van der Waals surface area contributed by atoms with Gasteiger partial charge >= 0.3 is 0 Å². The van der Waals surface area contributed by atoms with E-state index in [1.165, 1.54) is 0 Å². The Balaban J connectivity index is 3.21. The molecule has 0 saturated carbocycles. The minimum Gasteiger partial charge on any atom is -0.289 e. The van der Waals surface area contributed by atoms with Crippen LogP contribution in [0.1, 0.15) is 0 Å². The van der Waals surface area contributed by atoms with Crippen molar-refractivity contribution in [2.45, 2.75) is 0 Å². The number of rotatable bonds is 2. The van der Waals surface area contributed by atoms with Gasteiger partial charge in [-0.2, -0.15) is 5.10 Å². The standard InChI is InChI=1S/C5H8N2/c1-4-5-7(3)6-2/h1H,2,5H2,3H3. The highest BCUT2D eigenvalue weighted by Crippen LogP contribution is 1.74. The average Bonchev–Trinajstić information content (AvgIpc) is 1.68. The fraction of sp³-hybridized carbons (Fsp3) is 0.400. The summed E-state index contributed by atoms with van der Waals surface area (Å²) < 4.78 is 0. The molecule has 0 aliphatic carbocycles. The van der Waals surface area contributed by atoms with Crippen LogP contribution < -0.4 is 0 Å². The van der Waals surface area contributed by atoms with E-state index in [-0.39, 0.29) is 0 Å². The number of hydrogen-bond donors (Lipinski definition) is 0. The molecule has 0 amide bonds. The molecule has 0 heterocycles. The lowest BCUT2D eigenvalue weighted by atomic mass is 10.7. The highest BCUT2D eigenvalue weighted by Gasteiger charge is 1.79. The second-order valence-electron chi connectivity index (χ2n) is 1.16. The molecule has 38 valence electrons. The largest absolute Gasteiger partial charge is 0.289 e. The van der Waals surface area contributed by atoms with Gasteiger partial charge in [-0.15, -0.1) is 6.42 Å². The Morgan fingerprint density at radius 2 is 2.57 bits per heavy atom. The lowest BCUT2D eigenvalue weighted by Crippen LogP contribution is -2.08. The van der Waals surface area contributed by atoms with Crippen LogP contribution in [0.2, 0.25) is 0 Å². The first-order chi connectivity index (χ1) is 3.31. The summed E-state index contributed by atoms with van der Waals surface area (Å²) in [4.78, 5) is 0. The molecule has 0 aliphatic heterocycles. The van der Waals surface area contributed by atoms with Gasteiger partial charge in [0.05, 0.1) is 6.54 Å². The van der Waals surface area contributed by atoms with Crippen LogP contribution in [-0.2, 0) is 0 Å². The monoisotopic (exact) mass is 96.1 g/mol. The Labute approximate surface area is 43.8 Å². The lowest BCUT2D eigenvalue weighted by Gasteiger charge is -2.04. The van der Waals surface area contributed by atoms with Gasteiger partial charge in [0.15, 0.2) is 0 Å². The van der Waals surface area contributed by atoms with Crippen molar-refractivity contribution in [3.63, 3.8) is 0 Å². The molecule has 0 aromatic rings. The SMILES string of the molecule is C#CCN(C)N=C. The Morgan fingerprint density at radius 1 is 2.00 bits per heavy atom. The summed E-state index contributed by atoms with van der Waals surface area (Å²) in [5, 5.41) is 5.10. The van der Waals surface area contributed by atoms with Crippen molar-refractivity contribution >= 4 is 6.72 Å². The highest BCUT2D eigenvalue weighted by molar-refractivity contribution is 5.22. The number of nitrogens with zero attached hydrogens (tertiary/aromatic N) is 2. The van der Waals surface area contributed by atoms with Crippen LogP contribution in [0.15, 0.2) is 5.10 Å². The quantitative estimate of drug-likeness (QED) is 0.272. The zero-order chi connectivity index (χ0) is 5.70. The van der Waals surface area contributed by atoms with Crippen LogP contribution in [-0.4, -0.2) is 25.3 Å². The van der Waals surface area contributed by atoms with Gasteiger partial charge in [0.2, 0.25) is 0 Å². The second kappa shape index (κ2) is 3.23. The zero-order valence-electron chi connectivity index (χ0n) is 4.39. The van der Waals surface area contributed by atoms with Crippen molar-refractivity contribution in [1.29, 1.82) is 0 Å². The van der Waals surface area contributed by atoms with E-state index in [1.54, 1.807) is 12.1 Å². The van der Waals surface area contributed by atoms with Crippen LogP contribution in [0.25, 0.3) is 0 Å². The first kappa shape index (κ1) is 6.03. The Bertz CT molecular complexity index is 90.7. The van der Waals surface area contributed by atoms with E-state index in [4.69, 9.17) is 6.42 Å². The van der Waals surface area contributed by atoms with Crippen LogP contribution in [0, 0.1) is 12.3 Å². The fourth-order valence-corrected chi connectivity index (χ4v) is 0.182. The van der Waals surface area contributed by atoms with Crippen LogP contribution >= 0.6 is 0 Å². The van der Waals surface area contributed by atoms with E-state index >= 15 is 0 Å². The van der Waals surface area contributed by atoms with Crippen molar-refractivity contribution in [3.8, 4) is 12.3 Å². The molecule has 0 radical (unpaired) electrons. The van der Waals surface area contributed by atoms with E-state index in [2.05, 4.69) is 17.7 Å². The molecule has 0 fully saturated rings. The topological polar surface area (TPSA) is 15.6 Å². The maximum Gasteiger partial charge on any atom is 0.0962 e. The van der Waals surface area contributed by atoms with Gasteiger partial charge in [0, 0.05) is 13.8 Å². The lowest BCUT2D eigenvalue weighted by molar-refractivity contribution is 0.405.